The SMILES string of the molecule is O=c1[nH]nc(Br)n1Cc1cccc(F)c1. The summed E-state index contributed by atoms with van der Waals surface area (Å²) in [7, 11) is 0. The number of hydrogen-bond donors (Lipinski definition) is 1. The zero-order valence-electron chi connectivity index (χ0n) is 7.58. The van der Waals surface area contributed by atoms with E-state index < -0.39 is 0 Å². The molecular formula is C9H7BrFN3O. The molecule has 0 atom stereocenters. The molecule has 0 radical (unpaired) electrons. The van der Waals surface area contributed by atoms with Crippen LogP contribution in [0.4, 0.5) is 4.39 Å². The van der Waals surface area contributed by atoms with E-state index in [0.29, 0.717) is 10.3 Å². The van der Waals surface area contributed by atoms with Crippen molar-refractivity contribution in [1.29, 1.82) is 0 Å². The Morgan fingerprint density at radius 1 is 1.53 bits per heavy atom. The Morgan fingerprint density at radius 3 is 2.93 bits per heavy atom. The van der Waals surface area contributed by atoms with E-state index in [0.717, 1.165) is 0 Å². The van der Waals surface area contributed by atoms with Crippen molar-refractivity contribution in [2.24, 2.45) is 0 Å². The molecule has 0 amide bonds. The molecule has 0 aliphatic heterocycles. The summed E-state index contributed by atoms with van der Waals surface area (Å²) in [5.74, 6) is -0.319. The van der Waals surface area contributed by atoms with E-state index in [4.69, 9.17) is 0 Å². The maximum atomic E-state index is 12.9. The van der Waals surface area contributed by atoms with Gasteiger partial charge < -0.3 is 0 Å². The number of H-pyrrole nitrogens is 1. The van der Waals surface area contributed by atoms with Crippen molar-refractivity contribution in [3.8, 4) is 0 Å². The highest BCUT2D eigenvalue weighted by Crippen LogP contribution is 2.08. The molecular weight excluding hydrogens is 265 g/mol. The van der Waals surface area contributed by atoms with Crippen LogP contribution in [0.3, 0.4) is 0 Å². The first kappa shape index (κ1) is 10.1. The van der Waals surface area contributed by atoms with Gasteiger partial charge in [0.25, 0.3) is 0 Å². The molecule has 4 nitrogen and oxygen atoms in total. The molecule has 1 N–H and O–H groups in total. The molecule has 0 unspecified atom stereocenters. The van der Waals surface area contributed by atoms with Gasteiger partial charge in [0.05, 0.1) is 6.54 Å². The Morgan fingerprint density at radius 2 is 2.33 bits per heavy atom. The minimum absolute atomic E-state index is 0.285. The summed E-state index contributed by atoms with van der Waals surface area (Å²) < 4.78 is 14.6. The molecule has 1 aromatic heterocycles. The van der Waals surface area contributed by atoms with Crippen molar-refractivity contribution in [3.05, 3.63) is 50.9 Å². The highest BCUT2D eigenvalue weighted by Gasteiger charge is 2.05. The quantitative estimate of drug-likeness (QED) is 0.901. The van der Waals surface area contributed by atoms with E-state index in [-0.39, 0.29) is 18.1 Å². The summed E-state index contributed by atoms with van der Waals surface area (Å²) in [6.07, 6.45) is 0. The Hall–Kier alpha value is -1.43. The van der Waals surface area contributed by atoms with E-state index in [1.54, 1.807) is 12.1 Å². The van der Waals surface area contributed by atoms with Gasteiger partial charge >= 0.3 is 5.69 Å². The van der Waals surface area contributed by atoms with Crippen molar-refractivity contribution in [2.75, 3.05) is 0 Å². The van der Waals surface area contributed by atoms with E-state index >= 15 is 0 Å². The Balaban J connectivity index is 2.33. The highest BCUT2D eigenvalue weighted by atomic mass is 79.9. The number of nitrogens with zero attached hydrogens (tertiary/aromatic N) is 2. The van der Waals surface area contributed by atoms with Gasteiger partial charge in [-0.3, -0.25) is 4.57 Å². The Labute approximate surface area is 92.9 Å². The van der Waals surface area contributed by atoms with E-state index in [1.807, 2.05) is 0 Å². The lowest BCUT2D eigenvalue weighted by molar-refractivity contribution is 0.622. The van der Waals surface area contributed by atoms with Crippen LogP contribution in [0, 0.1) is 5.82 Å². The number of rotatable bonds is 2. The second-order valence-electron chi connectivity index (χ2n) is 3.01. The number of nitrogens with one attached hydrogen (secondary N) is 1. The highest BCUT2D eigenvalue weighted by molar-refractivity contribution is 9.10. The van der Waals surface area contributed by atoms with Crippen LogP contribution in [0.5, 0.6) is 0 Å². The van der Waals surface area contributed by atoms with Crippen LogP contribution in [0.2, 0.25) is 0 Å². The van der Waals surface area contributed by atoms with E-state index in [1.165, 1.54) is 16.7 Å². The molecule has 78 valence electrons. The largest absolute Gasteiger partial charge is 0.344 e. The van der Waals surface area contributed by atoms with Gasteiger partial charge in [-0.15, -0.1) is 5.10 Å². The molecule has 2 aromatic rings. The first-order valence-electron chi connectivity index (χ1n) is 4.22. The van der Waals surface area contributed by atoms with Crippen molar-refractivity contribution in [1.82, 2.24) is 14.8 Å². The minimum atomic E-state index is -0.328. The molecule has 6 heteroatoms. The number of aromatic amines is 1. The second-order valence-corrected chi connectivity index (χ2v) is 3.72. The fraction of sp³-hybridized carbons (Fsp3) is 0.111. The smallest absolute Gasteiger partial charge is 0.265 e. The topological polar surface area (TPSA) is 50.7 Å². The molecule has 0 saturated heterocycles. The van der Waals surface area contributed by atoms with Gasteiger partial charge in [-0.2, -0.15) is 0 Å². The fourth-order valence-corrected chi connectivity index (χ4v) is 1.63. The normalized spacial score (nSPS) is 10.5. The fourth-order valence-electron chi connectivity index (χ4n) is 1.25. The third kappa shape index (κ3) is 2.15. The lowest BCUT2D eigenvalue weighted by atomic mass is 10.2. The maximum absolute atomic E-state index is 12.9. The summed E-state index contributed by atoms with van der Waals surface area (Å²) in [6, 6.07) is 6.08. The molecule has 0 bridgehead atoms. The lowest BCUT2D eigenvalue weighted by Gasteiger charge is -2.01. The summed E-state index contributed by atoms with van der Waals surface area (Å²) in [5, 5.41) is 5.97. The van der Waals surface area contributed by atoms with Gasteiger partial charge in [-0.05, 0) is 33.6 Å². The second kappa shape index (κ2) is 3.98. The standard InChI is InChI=1S/C9H7BrFN3O/c10-8-12-13-9(15)14(8)5-6-2-1-3-7(11)4-6/h1-4H,5H2,(H,13,15). The maximum Gasteiger partial charge on any atom is 0.344 e. The van der Waals surface area contributed by atoms with Crippen molar-refractivity contribution >= 4 is 15.9 Å². The van der Waals surface area contributed by atoms with Crippen molar-refractivity contribution < 1.29 is 4.39 Å². The molecule has 0 fully saturated rings. The molecule has 2 rings (SSSR count). The first-order valence-corrected chi connectivity index (χ1v) is 5.01. The Bertz CT molecular complexity index is 534. The van der Waals surface area contributed by atoms with Crippen molar-refractivity contribution in [2.45, 2.75) is 6.54 Å². The molecule has 15 heavy (non-hydrogen) atoms. The van der Waals surface area contributed by atoms with Gasteiger partial charge in [0.1, 0.15) is 5.82 Å². The first-order chi connectivity index (χ1) is 7.16. The molecule has 0 saturated carbocycles. The molecule has 0 aliphatic carbocycles. The summed E-state index contributed by atoms with van der Waals surface area (Å²) >= 11 is 3.12. The van der Waals surface area contributed by atoms with Gasteiger partial charge in [0, 0.05) is 0 Å². The van der Waals surface area contributed by atoms with Crippen LogP contribution in [0.15, 0.2) is 33.8 Å². The van der Waals surface area contributed by atoms with E-state index in [9.17, 15) is 9.18 Å². The monoisotopic (exact) mass is 271 g/mol. The molecule has 1 aromatic carbocycles. The lowest BCUT2D eigenvalue weighted by Crippen LogP contribution is -2.17. The minimum Gasteiger partial charge on any atom is -0.265 e. The molecule has 0 spiro atoms. The van der Waals surface area contributed by atoms with Crippen LogP contribution in [-0.4, -0.2) is 14.8 Å². The summed E-state index contributed by atoms with van der Waals surface area (Å²) in [6.45, 7) is 0.285. The van der Waals surface area contributed by atoms with Crippen LogP contribution in [0.1, 0.15) is 5.56 Å². The zero-order valence-corrected chi connectivity index (χ0v) is 9.16. The number of benzene rings is 1. The Kier molecular flexibility index (Phi) is 2.68. The van der Waals surface area contributed by atoms with Crippen LogP contribution < -0.4 is 5.69 Å². The molecule has 1 heterocycles. The third-order valence-electron chi connectivity index (χ3n) is 1.94. The van der Waals surface area contributed by atoms with Crippen LogP contribution in [-0.2, 0) is 6.54 Å². The van der Waals surface area contributed by atoms with Crippen LogP contribution in [0.25, 0.3) is 0 Å². The predicted octanol–water partition coefficient (Wildman–Crippen LogP) is 1.52. The number of halogens is 2. The third-order valence-corrected chi connectivity index (χ3v) is 2.55. The molecule has 0 aliphatic rings. The average molecular weight is 272 g/mol. The van der Waals surface area contributed by atoms with Gasteiger partial charge in [-0.1, -0.05) is 12.1 Å². The number of hydrogen-bond acceptors (Lipinski definition) is 2. The average Bonchev–Trinajstić information content (AvgIpc) is 2.50. The van der Waals surface area contributed by atoms with E-state index in [2.05, 4.69) is 26.1 Å². The van der Waals surface area contributed by atoms with Gasteiger partial charge in [0.2, 0.25) is 4.73 Å². The number of aromatic nitrogens is 3. The summed E-state index contributed by atoms with van der Waals surface area (Å²) in [4.78, 5) is 11.3. The predicted molar refractivity (Wildman–Crippen MR) is 56.0 cm³/mol. The van der Waals surface area contributed by atoms with Gasteiger partial charge in [0.15, 0.2) is 0 Å². The van der Waals surface area contributed by atoms with Gasteiger partial charge in [-0.25, -0.2) is 14.3 Å². The zero-order chi connectivity index (χ0) is 10.8. The summed E-state index contributed by atoms with van der Waals surface area (Å²) in [5.41, 5.74) is 0.380. The van der Waals surface area contributed by atoms with Crippen molar-refractivity contribution in [3.63, 3.8) is 0 Å². The van der Waals surface area contributed by atoms with Crippen LogP contribution >= 0.6 is 15.9 Å².